The zero-order chi connectivity index (χ0) is 18.6. The monoisotopic (exact) mass is 351 g/mol. The first kappa shape index (κ1) is 19.3. The number of nitrogens with zero attached hydrogens (tertiary/aromatic N) is 2. The molecule has 0 aromatic rings. The summed E-state index contributed by atoms with van der Waals surface area (Å²) in [4.78, 5) is 40.6. The molecule has 0 radical (unpaired) electrons. The van der Waals surface area contributed by atoms with Gasteiger partial charge >= 0.3 is 6.09 Å². The smallest absolute Gasteiger partial charge is 0.410 e. The maximum absolute atomic E-state index is 13.1. The molecule has 1 N–H and O–H groups in total. The fraction of sp³-hybridized carbons (Fsp3) is 0.722. The van der Waals surface area contributed by atoms with Crippen LogP contribution in [0.25, 0.3) is 0 Å². The van der Waals surface area contributed by atoms with Crippen molar-refractivity contribution in [2.75, 3.05) is 26.7 Å². The van der Waals surface area contributed by atoms with Gasteiger partial charge in [-0.15, -0.1) is 0 Å². The Bertz CT molecular complexity index is 553. The summed E-state index contributed by atoms with van der Waals surface area (Å²) in [7, 11) is 1.55. The summed E-state index contributed by atoms with van der Waals surface area (Å²) in [5.41, 5.74) is -0.613. The number of amides is 3. The molecule has 7 nitrogen and oxygen atoms in total. The van der Waals surface area contributed by atoms with E-state index in [2.05, 4.69) is 11.4 Å². The number of carbonyl (C=O) groups is 3. The predicted molar refractivity (Wildman–Crippen MR) is 93.9 cm³/mol. The van der Waals surface area contributed by atoms with Gasteiger partial charge in [0, 0.05) is 20.1 Å². The molecule has 1 fully saturated rings. The number of carbonyl (C=O) groups excluding carboxylic acids is 3. The van der Waals surface area contributed by atoms with Gasteiger partial charge in [0.25, 0.3) is 0 Å². The van der Waals surface area contributed by atoms with Crippen molar-refractivity contribution in [3.63, 3.8) is 0 Å². The lowest BCUT2D eigenvalue weighted by atomic mass is 9.95. The minimum Gasteiger partial charge on any atom is -0.444 e. The third-order valence-corrected chi connectivity index (χ3v) is 4.50. The van der Waals surface area contributed by atoms with Crippen LogP contribution in [0.3, 0.4) is 0 Å². The number of hydrogen-bond donors (Lipinski definition) is 1. The van der Waals surface area contributed by atoms with E-state index in [1.807, 2.05) is 26.8 Å². The molecule has 0 aromatic carbocycles. The molecular formula is C18H29N3O4. The average molecular weight is 351 g/mol. The second-order valence-corrected chi connectivity index (χ2v) is 7.60. The molecule has 2 atom stereocenters. The number of likely N-dealkylation sites (N-methyl/N-ethyl adjacent to an activating group) is 1. The summed E-state index contributed by atoms with van der Waals surface area (Å²) in [6.07, 6.45) is 5.87. The van der Waals surface area contributed by atoms with Crippen LogP contribution in [-0.4, -0.2) is 66.0 Å². The first-order valence-electron chi connectivity index (χ1n) is 8.87. The van der Waals surface area contributed by atoms with Crippen LogP contribution in [0.2, 0.25) is 0 Å². The summed E-state index contributed by atoms with van der Waals surface area (Å²) >= 11 is 0. The molecule has 3 amide bonds. The third kappa shape index (κ3) is 4.96. The second kappa shape index (κ2) is 7.89. The van der Waals surface area contributed by atoms with E-state index in [1.54, 1.807) is 11.9 Å². The van der Waals surface area contributed by atoms with Crippen molar-refractivity contribution in [1.82, 2.24) is 15.1 Å². The van der Waals surface area contributed by atoms with Crippen LogP contribution in [0, 0.1) is 5.92 Å². The molecule has 140 valence electrons. The van der Waals surface area contributed by atoms with Crippen molar-refractivity contribution in [2.24, 2.45) is 5.92 Å². The molecule has 25 heavy (non-hydrogen) atoms. The molecule has 0 bridgehead atoms. The molecule has 7 heteroatoms. The largest absolute Gasteiger partial charge is 0.444 e. The minimum atomic E-state index is -0.613. The van der Waals surface area contributed by atoms with E-state index in [0.29, 0.717) is 19.5 Å². The van der Waals surface area contributed by atoms with E-state index in [-0.39, 0.29) is 24.3 Å². The Balaban J connectivity index is 2.23. The quantitative estimate of drug-likeness (QED) is 0.766. The second-order valence-electron chi connectivity index (χ2n) is 7.60. The van der Waals surface area contributed by atoms with Crippen molar-refractivity contribution in [2.45, 2.75) is 51.7 Å². The Labute approximate surface area is 149 Å². The Kier molecular flexibility index (Phi) is 6.08. The van der Waals surface area contributed by atoms with E-state index in [9.17, 15) is 14.4 Å². The molecule has 2 rings (SSSR count). The Hall–Kier alpha value is -2.05. The summed E-state index contributed by atoms with van der Waals surface area (Å²) in [6, 6.07) is -0.567. The lowest BCUT2D eigenvalue weighted by Crippen LogP contribution is -2.52. The number of ether oxygens (including phenoxy) is 1. The summed E-state index contributed by atoms with van der Waals surface area (Å²) in [5, 5.41) is 2.55. The van der Waals surface area contributed by atoms with Crippen LogP contribution in [0.15, 0.2) is 12.2 Å². The van der Waals surface area contributed by atoms with Gasteiger partial charge in [0.2, 0.25) is 11.8 Å². The number of allylic oxidation sites excluding steroid dienone is 1. The molecule has 2 aliphatic heterocycles. The molecule has 2 heterocycles. The fourth-order valence-corrected chi connectivity index (χ4v) is 3.29. The first-order valence-corrected chi connectivity index (χ1v) is 8.87. The minimum absolute atomic E-state index is 0.00848. The van der Waals surface area contributed by atoms with Gasteiger partial charge in [0.15, 0.2) is 0 Å². The van der Waals surface area contributed by atoms with Gasteiger partial charge < -0.3 is 15.0 Å². The van der Waals surface area contributed by atoms with Gasteiger partial charge in [-0.05, 0) is 46.0 Å². The first-order chi connectivity index (χ1) is 11.7. The number of fused-ring (bicyclic) bond motifs is 1. The van der Waals surface area contributed by atoms with Gasteiger partial charge in [0.05, 0.1) is 6.54 Å². The SMILES string of the molecule is CNC(=O)CN1CC/C=C\C[C@H]2CCN(C(=O)OC(C)(C)C)[C@@H]2C1=O. The molecule has 1 saturated heterocycles. The van der Waals surface area contributed by atoms with Crippen LogP contribution >= 0.6 is 0 Å². The van der Waals surface area contributed by atoms with Gasteiger partial charge in [0.1, 0.15) is 11.6 Å². The van der Waals surface area contributed by atoms with Gasteiger partial charge in [-0.2, -0.15) is 0 Å². The lowest BCUT2D eigenvalue weighted by molar-refractivity contribution is -0.140. The highest BCUT2D eigenvalue weighted by molar-refractivity contribution is 5.90. The maximum atomic E-state index is 13.1. The molecule has 2 aliphatic rings. The lowest BCUT2D eigenvalue weighted by Gasteiger charge is -2.33. The van der Waals surface area contributed by atoms with Crippen molar-refractivity contribution >= 4 is 17.9 Å². The van der Waals surface area contributed by atoms with Crippen LogP contribution in [0.1, 0.15) is 40.0 Å². The normalized spacial score (nSPS) is 25.5. The Morgan fingerprint density at radius 3 is 2.64 bits per heavy atom. The third-order valence-electron chi connectivity index (χ3n) is 4.50. The highest BCUT2D eigenvalue weighted by atomic mass is 16.6. The van der Waals surface area contributed by atoms with E-state index in [0.717, 1.165) is 12.8 Å². The highest BCUT2D eigenvalue weighted by Crippen LogP contribution is 2.31. The number of likely N-dealkylation sites (tertiary alicyclic amines) is 1. The van der Waals surface area contributed by atoms with Crippen molar-refractivity contribution in [3.05, 3.63) is 12.2 Å². The molecule has 0 spiro atoms. The summed E-state index contributed by atoms with van der Waals surface area (Å²) < 4.78 is 5.48. The summed E-state index contributed by atoms with van der Waals surface area (Å²) in [6.45, 7) is 6.40. The molecule has 0 saturated carbocycles. The highest BCUT2D eigenvalue weighted by Gasteiger charge is 2.44. The molecule has 0 aliphatic carbocycles. The van der Waals surface area contributed by atoms with Crippen LogP contribution in [0.5, 0.6) is 0 Å². The number of nitrogens with one attached hydrogen (secondary N) is 1. The molecule has 0 aromatic heterocycles. The van der Waals surface area contributed by atoms with Gasteiger partial charge in [-0.1, -0.05) is 12.2 Å². The van der Waals surface area contributed by atoms with Crippen molar-refractivity contribution in [1.29, 1.82) is 0 Å². The number of rotatable bonds is 2. The molecule has 0 unspecified atom stereocenters. The number of hydrogen-bond acceptors (Lipinski definition) is 4. The van der Waals surface area contributed by atoms with E-state index >= 15 is 0 Å². The standard InChI is InChI=1S/C18H29N3O4/c1-18(2,3)25-17(24)21-11-9-13-8-6-5-7-10-20(12-14(22)19-4)16(23)15(13)21/h5-6,13,15H,7-12H2,1-4H3,(H,19,22)/b6-5-/t13-,15-/m0/s1. The Morgan fingerprint density at radius 1 is 1.28 bits per heavy atom. The van der Waals surface area contributed by atoms with Crippen LogP contribution < -0.4 is 5.32 Å². The maximum Gasteiger partial charge on any atom is 0.410 e. The van der Waals surface area contributed by atoms with E-state index < -0.39 is 17.7 Å². The van der Waals surface area contributed by atoms with Gasteiger partial charge in [-0.25, -0.2) is 4.79 Å². The topological polar surface area (TPSA) is 79.0 Å². The zero-order valence-corrected chi connectivity index (χ0v) is 15.6. The molecular weight excluding hydrogens is 322 g/mol. The van der Waals surface area contributed by atoms with E-state index in [4.69, 9.17) is 4.74 Å². The predicted octanol–water partition coefficient (Wildman–Crippen LogP) is 1.54. The zero-order valence-electron chi connectivity index (χ0n) is 15.6. The summed E-state index contributed by atoms with van der Waals surface area (Å²) in [5.74, 6) is -0.322. The Morgan fingerprint density at radius 2 is 2.00 bits per heavy atom. The van der Waals surface area contributed by atoms with Crippen molar-refractivity contribution < 1.29 is 19.1 Å². The van der Waals surface area contributed by atoms with E-state index in [1.165, 1.54) is 4.90 Å². The van der Waals surface area contributed by atoms with Crippen LogP contribution in [-0.2, 0) is 14.3 Å². The van der Waals surface area contributed by atoms with Gasteiger partial charge in [-0.3, -0.25) is 14.5 Å². The fourth-order valence-electron chi connectivity index (χ4n) is 3.29. The van der Waals surface area contributed by atoms with Crippen molar-refractivity contribution in [3.8, 4) is 0 Å². The average Bonchev–Trinajstić information content (AvgIpc) is 2.95. The van der Waals surface area contributed by atoms with Crippen LogP contribution in [0.4, 0.5) is 4.79 Å².